The average Bonchev–Trinajstić information content (AvgIpc) is 3.50. The molecule has 0 spiro atoms. The third-order valence-electron chi connectivity index (χ3n) is 6.29. The Bertz CT molecular complexity index is 854. The molecule has 2 N–H and O–H groups in total. The highest BCUT2D eigenvalue weighted by Gasteiger charge is 2.55. The van der Waals surface area contributed by atoms with Crippen LogP contribution >= 0.6 is 0 Å². The summed E-state index contributed by atoms with van der Waals surface area (Å²) in [6.07, 6.45) is 2.32. The van der Waals surface area contributed by atoms with E-state index in [1.54, 1.807) is 0 Å². The maximum Gasteiger partial charge on any atom is 0.308 e. The predicted molar refractivity (Wildman–Crippen MR) is 96.9 cm³/mol. The van der Waals surface area contributed by atoms with Crippen LogP contribution in [-0.2, 0) is 9.59 Å². The van der Waals surface area contributed by atoms with E-state index in [4.69, 9.17) is 0 Å². The van der Waals surface area contributed by atoms with Crippen molar-refractivity contribution in [3.05, 3.63) is 70.8 Å². The highest BCUT2D eigenvalue weighted by atomic mass is 16.4. The molecule has 2 aromatic carbocycles. The van der Waals surface area contributed by atoms with Gasteiger partial charge in [-0.15, -0.1) is 0 Å². The fourth-order valence-corrected chi connectivity index (χ4v) is 4.97. The lowest BCUT2D eigenvalue weighted by Gasteiger charge is -2.48. The van der Waals surface area contributed by atoms with Gasteiger partial charge in [0.1, 0.15) is 0 Å². The number of rotatable bonds is 4. The van der Waals surface area contributed by atoms with Crippen molar-refractivity contribution in [2.45, 2.75) is 24.7 Å². The van der Waals surface area contributed by atoms with E-state index in [0.717, 1.165) is 35.1 Å². The quantitative estimate of drug-likeness (QED) is 0.893. The Hall–Kier alpha value is -2.62. The molecule has 0 saturated heterocycles. The van der Waals surface area contributed by atoms with Gasteiger partial charge < -0.3 is 10.4 Å². The standard InChI is InChI=1S/C22H21NO3/c24-21(23-11-12-9-10-12)19-17-13-5-1-3-7-15(13)18(20(19)22(25)26)16-8-4-2-6-14(16)17/h1-8,12,17-20H,9-11H2,(H,23,24)(H,25,26)/t17?,18?,19-,20+/m0/s1. The van der Waals surface area contributed by atoms with Gasteiger partial charge in [0.05, 0.1) is 11.8 Å². The number of amides is 1. The summed E-state index contributed by atoms with van der Waals surface area (Å²) in [5.41, 5.74) is 4.35. The van der Waals surface area contributed by atoms with E-state index in [1.165, 1.54) is 0 Å². The largest absolute Gasteiger partial charge is 0.481 e. The summed E-state index contributed by atoms with van der Waals surface area (Å²) in [7, 11) is 0. The van der Waals surface area contributed by atoms with E-state index in [-0.39, 0.29) is 17.7 Å². The summed E-state index contributed by atoms with van der Waals surface area (Å²) in [5.74, 6) is -2.14. The molecule has 0 aliphatic heterocycles. The van der Waals surface area contributed by atoms with Crippen molar-refractivity contribution >= 4 is 11.9 Å². The molecule has 0 aromatic heterocycles. The van der Waals surface area contributed by atoms with Gasteiger partial charge in [-0.05, 0) is 41.0 Å². The van der Waals surface area contributed by atoms with Crippen LogP contribution in [0, 0.1) is 17.8 Å². The van der Waals surface area contributed by atoms with E-state index in [0.29, 0.717) is 12.5 Å². The molecule has 4 nitrogen and oxygen atoms in total. The van der Waals surface area contributed by atoms with Crippen LogP contribution in [0.3, 0.4) is 0 Å². The van der Waals surface area contributed by atoms with Gasteiger partial charge in [-0.25, -0.2) is 0 Å². The molecule has 0 radical (unpaired) electrons. The first-order valence-corrected chi connectivity index (χ1v) is 9.35. The third kappa shape index (κ3) is 2.21. The minimum absolute atomic E-state index is 0.108. The second-order valence-electron chi connectivity index (χ2n) is 7.79. The summed E-state index contributed by atoms with van der Waals surface area (Å²) in [6.45, 7) is 0.669. The maximum absolute atomic E-state index is 13.1. The molecule has 4 heteroatoms. The highest BCUT2D eigenvalue weighted by molar-refractivity contribution is 5.89. The van der Waals surface area contributed by atoms with Crippen LogP contribution < -0.4 is 5.32 Å². The molecule has 132 valence electrons. The van der Waals surface area contributed by atoms with Crippen LogP contribution in [0.15, 0.2) is 48.5 Å². The molecule has 0 unspecified atom stereocenters. The van der Waals surface area contributed by atoms with Crippen molar-refractivity contribution < 1.29 is 14.7 Å². The number of carboxylic acid groups (broad SMARTS) is 1. The van der Waals surface area contributed by atoms with E-state index >= 15 is 0 Å². The number of hydrogen-bond acceptors (Lipinski definition) is 2. The van der Waals surface area contributed by atoms with Gasteiger partial charge in [-0.1, -0.05) is 48.5 Å². The van der Waals surface area contributed by atoms with Crippen LogP contribution in [-0.4, -0.2) is 23.5 Å². The summed E-state index contributed by atoms with van der Waals surface area (Å²) in [5, 5.41) is 13.1. The lowest BCUT2D eigenvalue weighted by molar-refractivity contribution is -0.149. The molecule has 4 aliphatic rings. The van der Waals surface area contributed by atoms with Crippen molar-refractivity contribution in [3.63, 3.8) is 0 Å². The fourth-order valence-electron chi connectivity index (χ4n) is 4.97. The lowest BCUT2D eigenvalue weighted by Crippen LogP contribution is -2.50. The molecule has 2 atom stereocenters. The number of benzene rings is 2. The Morgan fingerprint density at radius 1 is 0.846 bits per heavy atom. The first-order chi connectivity index (χ1) is 12.7. The molecule has 4 aliphatic carbocycles. The Morgan fingerprint density at radius 2 is 1.31 bits per heavy atom. The maximum atomic E-state index is 13.1. The monoisotopic (exact) mass is 347 g/mol. The van der Waals surface area contributed by atoms with Gasteiger partial charge in [-0.2, -0.15) is 0 Å². The van der Waals surface area contributed by atoms with Crippen LogP contribution in [0.1, 0.15) is 46.9 Å². The second kappa shape index (κ2) is 5.70. The fraction of sp³-hybridized carbons (Fsp3) is 0.364. The zero-order chi connectivity index (χ0) is 17.8. The predicted octanol–water partition coefficient (Wildman–Crippen LogP) is 3.12. The van der Waals surface area contributed by atoms with Gasteiger partial charge in [0, 0.05) is 18.4 Å². The van der Waals surface area contributed by atoms with E-state index in [9.17, 15) is 14.7 Å². The number of fused-ring (bicyclic) bond motifs is 1. The van der Waals surface area contributed by atoms with Crippen LogP contribution in [0.2, 0.25) is 0 Å². The Labute approximate surface area is 152 Å². The molecule has 0 heterocycles. The number of carboxylic acids is 1. The Balaban J connectivity index is 1.65. The molecular weight excluding hydrogens is 326 g/mol. The number of hydrogen-bond donors (Lipinski definition) is 2. The van der Waals surface area contributed by atoms with Gasteiger partial charge in [0.25, 0.3) is 0 Å². The Morgan fingerprint density at radius 3 is 1.73 bits per heavy atom. The Kier molecular flexibility index (Phi) is 3.42. The van der Waals surface area contributed by atoms with Crippen LogP contribution in [0.25, 0.3) is 0 Å². The number of carbonyl (C=O) groups is 2. The van der Waals surface area contributed by atoms with E-state index in [2.05, 4.69) is 17.4 Å². The van der Waals surface area contributed by atoms with Crippen molar-refractivity contribution in [1.29, 1.82) is 0 Å². The minimum atomic E-state index is -0.879. The zero-order valence-corrected chi connectivity index (χ0v) is 14.4. The van der Waals surface area contributed by atoms with Crippen molar-refractivity contribution in [2.24, 2.45) is 17.8 Å². The summed E-state index contributed by atoms with van der Waals surface area (Å²) in [4.78, 5) is 25.3. The van der Waals surface area contributed by atoms with Crippen LogP contribution in [0.5, 0.6) is 0 Å². The molecular formula is C22H21NO3. The van der Waals surface area contributed by atoms with Gasteiger partial charge in [-0.3, -0.25) is 9.59 Å². The summed E-state index contributed by atoms with van der Waals surface area (Å²) < 4.78 is 0. The normalized spacial score (nSPS) is 28.2. The molecule has 2 bridgehead atoms. The van der Waals surface area contributed by atoms with Gasteiger partial charge in [0.2, 0.25) is 5.91 Å². The SMILES string of the molecule is O=C(O)[C@@H]1C2c3ccccc3C(c3ccccc32)[C@@H]1C(=O)NCC1CC1. The zero-order valence-electron chi connectivity index (χ0n) is 14.4. The van der Waals surface area contributed by atoms with Crippen molar-refractivity contribution in [3.8, 4) is 0 Å². The molecule has 26 heavy (non-hydrogen) atoms. The average molecular weight is 347 g/mol. The first kappa shape index (κ1) is 15.6. The summed E-state index contributed by atoms with van der Waals surface area (Å²) in [6, 6.07) is 16.1. The second-order valence-corrected chi connectivity index (χ2v) is 7.79. The van der Waals surface area contributed by atoms with Crippen LogP contribution in [0.4, 0.5) is 0 Å². The molecule has 2 aromatic rings. The van der Waals surface area contributed by atoms with E-state index < -0.39 is 17.8 Å². The summed E-state index contributed by atoms with van der Waals surface area (Å²) >= 11 is 0. The van der Waals surface area contributed by atoms with E-state index in [1.807, 2.05) is 36.4 Å². The lowest BCUT2D eigenvalue weighted by atomic mass is 9.54. The van der Waals surface area contributed by atoms with Gasteiger partial charge in [0.15, 0.2) is 0 Å². The molecule has 6 rings (SSSR count). The number of carbonyl (C=O) groups excluding carboxylic acids is 1. The van der Waals surface area contributed by atoms with Gasteiger partial charge >= 0.3 is 5.97 Å². The molecule has 1 saturated carbocycles. The van der Waals surface area contributed by atoms with Crippen molar-refractivity contribution in [1.82, 2.24) is 5.32 Å². The smallest absolute Gasteiger partial charge is 0.308 e. The third-order valence-corrected chi connectivity index (χ3v) is 6.29. The topological polar surface area (TPSA) is 66.4 Å². The molecule has 1 fully saturated rings. The number of aliphatic carboxylic acids is 1. The number of nitrogens with one attached hydrogen (secondary N) is 1. The highest BCUT2D eigenvalue weighted by Crippen LogP contribution is 2.58. The molecule has 1 amide bonds. The first-order valence-electron chi connectivity index (χ1n) is 9.35. The minimum Gasteiger partial charge on any atom is -0.481 e. The van der Waals surface area contributed by atoms with Crippen molar-refractivity contribution in [2.75, 3.05) is 6.54 Å².